The van der Waals surface area contributed by atoms with Gasteiger partial charge in [-0.05, 0) is 32.1 Å². The van der Waals surface area contributed by atoms with Crippen molar-refractivity contribution in [1.82, 2.24) is 0 Å². The zero-order valence-electron chi connectivity index (χ0n) is 18.1. The summed E-state index contributed by atoms with van der Waals surface area (Å²) in [6.45, 7) is 5.48. The summed E-state index contributed by atoms with van der Waals surface area (Å²) in [5.41, 5.74) is 0. The second-order valence-corrected chi connectivity index (χ2v) is 6.93. The first-order valence-corrected chi connectivity index (χ1v) is 11.1. The molecule has 0 radical (unpaired) electrons. The first-order chi connectivity index (χ1) is 13.7. The molecule has 0 aromatic heterocycles. The van der Waals surface area contributed by atoms with Gasteiger partial charge in [0, 0.05) is 32.1 Å². The Balaban J connectivity index is 4.04. The number of rotatable bonds is 17. The maximum Gasteiger partial charge on any atom is 0.303 e. The lowest BCUT2D eigenvalue weighted by Crippen LogP contribution is -2.18. The average molecular weight is 393 g/mol. The fourth-order valence-corrected chi connectivity index (χ4v) is 2.57. The Hall–Kier alpha value is -1.49. The van der Waals surface area contributed by atoms with Gasteiger partial charge in [-0.25, -0.2) is 0 Å². The van der Waals surface area contributed by atoms with Gasteiger partial charge >= 0.3 is 5.97 Å². The third kappa shape index (κ3) is 20.8. The number of ether oxygens (including phenoxy) is 2. The first kappa shape index (κ1) is 26.5. The fraction of sp³-hybridized carbons (Fsp3) is 0.792. The molecule has 0 aromatic rings. The van der Waals surface area contributed by atoms with E-state index in [1.54, 1.807) is 0 Å². The molecule has 0 aliphatic heterocycles. The van der Waals surface area contributed by atoms with Gasteiger partial charge in [0.1, 0.15) is 0 Å². The van der Waals surface area contributed by atoms with Crippen LogP contribution in [0.4, 0.5) is 0 Å². The number of carbonyl (C=O) groups is 1. The van der Waals surface area contributed by atoms with Crippen LogP contribution in [0.15, 0.2) is 0 Å². The SMILES string of the molecule is CCCCCC#CCCOC(CCCCC(=O)O)OCCC#CCCCCC. The van der Waals surface area contributed by atoms with Crippen molar-refractivity contribution >= 4 is 5.97 Å². The summed E-state index contributed by atoms with van der Waals surface area (Å²) >= 11 is 0. The van der Waals surface area contributed by atoms with E-state index in [0.717, 1.165) is 19.3 Å². The molecule has 160 valence electrons. The summed E-state index contributed by atoms with van der Waals surface area (Å²) in [5.74, 6) is 11.9. The van der Waals surface area contributed by atoms with Gasteiger partial charge in [0.2, 0.25) is 0 Å². The molecular formula is C24H40O4. The molecule has 0 amide bonds. The molecule has 0 saturated carbocycles. The van der Waals surface area contributed by atoms with Crippen LogP contribution in [-0.4, -0.2) is 30.6 Å². The van der Waals surface area contributed by atoms with Crippen molar-refractivity contribution in [3.63, 3.8) is 0 Å². The summed E-state index contributed by atoms with van der Waals surface area (Å²) in [4.78, 5) is 10.6. The molecule has 0 aliphatic rings. The minimum Gasteiger partial charge on any atom is -0.481 e. The molecule has 0 aromatic carbocycles. The Morgan fingerprint density at radius 3 is 1.71 bits per heavy atom. The topological polar surface area (TPSA) is 55.8 Å². The smallest absolute Gasteiger partial charge is 0.303 e. The van der Waals surface area contributed by atoms with Crippen LogP contribution in [0.1, 0.15) is 104 Å². The monoisotopic (exact) mass is 392 g/mol. The van der Waals surface area contributed by atoms with Crippen LogP contribution in [-0.2, 0) is 14.3 Å². The predicted octanol–water partition coefficient (Wildman–Crippen LogP) is 5.94. The summed E-state index contributed by atoms with van der Waals surface area (Å²) in [5, 5.41) is 8.74. The van der Waals surface area contributed by atoms with Gasteiger partial charge in [-0.1, -0.05) is 39.5 Å². The van der Waals surface area contributed by atoms with E-state index in [4.69, 9.17) is 14.6 Å². The van der Waals surface area contributed by atoms with E-state index in [9.17, 15) is 4.79 Å². The second-order valence-electron chi connectivity index (χ2n) is 6.93. The Labute approximate surface area is 172 Å². The highest BCUT2D eigenvalue weighted by Crippen LogP contribution is 2.10. The van der Waals surface area contributed by atoms with E-state index in [0.29, 0.717) is 38.9 Å². The third-order valence-corrected chi connectivity index (χ3v) is 4.20. The summed E-state index contributed by atoms with van der Waals surface area (Å²) < 4.78 is 11.6. The Kier molecular flexibility index (Phi) is 20.6. The van der Waals surface area contributed by atoms with Crippen LogP contribution in [0.5, 0.6) is 0 Å². The van der Waals surface area contributed by atoms with Gasteiger partial charge < -0.3 is 14.6 Å². The van der Waals surface area contributed by atoms with E-state index >= 15 is 0 Å². The van der Waals surface area contributed by atoms with E-state index in [1.807, 2.05) is 0 Å². The number of aliphatic carboxylic acids is 1. The number of carboxylic acids is 1. The average Bonchev–Trinajstić information content (AvgIpc) is 2.68. The quantitative estimate of drug-likeness (QED) is 0.189. The van der Waals surface area contributed by atoms with Crippen LogP contribution in [0, 0.1) is 23.7 Å². The highest BCUT2D eigenvalue weighted by molar-refractivity contribution is 5.66. The molecule has 0 spiro atoms. The Morgan fingerprint density at radius 2 is 1.25 bits per heavy atom. The lowest BCUT2D eigenvalue weighted by molar-refractivity contribution is -0.145. The fourth-order valence-electron chi connectivity index (χ4n) is 2.57. The van der Waals surface area contributed by atoms with Crippen molar-refractivity contribution < 1.29 is 19.4 Å². The van der Waals surface area contributed by atoms with Crippen LogP contribution in [0.25, 0.3) is 0 Å². The third-order valence-electron chi connectivity index (χ3n) is 4.20. The normalized spacial score (nSPS) is 10.2. The van der Waals surface area contributed by atoms with Gasteiger partial charge in [0.25, 0.3) is 0 Å². The van der Waals surface area contributed by atoms with Crippen molar-refractivity contribution in [3.8, 4) is 23.7 Å². The standard InChI is InChI=1S/C24H40O4/c1-3-5-7-9-11-13-17-21-27-24(20-16-15-19-23(25)26)28-22-18-14-12-10-8-6-4-2/h24H,3-10,15-22H2,1-2H3,(H,25,26). The molecule has 4 nitrogen and oxygen atoms in total. The van der Waals surface area contributed by atoms with Crippen LogP contribution < -0.4 is 0 Å². The molecule has 0 unspecified atom stereocenters. The minimum absolute atomic E-state index is 0.194. The highest BCUT2D eigenvalue weighted by Gasteiger charge is 2.09. The van der Waals surface area contributed by atoms with Crippen LogP contribution >= 0.6 is 0 Å². The lowest BCUT2D eigenvalue weighted by atomic mass is 10.2. The molecule has 0 rings (SSSR count). The number of hydrogen-bond donors (Lipinski definition) is 1. The summed E-state index contributed by atoms with van der Waals surface area (Å²) in [7, 11) is 0. The van der Waals surface area contributed by atoms with Crippen molar-refractivity contribution in [2.45, 2.75) is 110 Å². The van der Waals surface area contributed by atoms with Gasteiger partial charge in [-0.2, -0.15) is 0 Å². The van der Waals surface area contributed by atoms with Gasteiger partial charge in [-0.3, -0.25) is 4.79 Å². The summed E-state index contributed by atoms with van der Waals surface area (Å²) in [6, 6.07) is 0. The zero-order valence-corrected chi connectivity index (χ0v) is 18.1. The van der Waals surface area contributed by atoms with Crippen LogP contribution in [0.2, 0.25) is 0 Å². The Bertz CT molecular complexity index is 444. The molecule has 1 N–H and O–H groups in total. The second kappa shape index (κ2) is 21.8. The highest BCUT2D eigenvalue weighted by atomic mass is 16.7. The van der Waals surface area contributed by atoms with Gasteiger partial charge in [0.05, 0.1) is 13.2 Å². The molecule has 4 heteroatoms. The Morgan fingerprint density at radius 1 is 0.750 bits per heavy atom. The predicted molar refractivity (Wildman–Crippen MR) is 115 cm³/mol. The van der Waals surface area contributed by atoms with E-state index < -0.39 is 5.97 Å². The van der Waals surface area contributed by atoms with Gasteiger partial charge in [-0.15, -0.1) is 23.7 Å². The van der Waals surface area contributed by atoms with Crippen molar-refractivity contribution in [2.24, 2.45) is 0 Å². The van der Waals surface area contributed by atoms with E-state index in [-0.39, 0.29) is 12.7 Å². The zero-order chi connectivity index (χ0) is 20.7. The number of carboxylic acid groups (broad SMARTS) is 1. The first-order valence-electron chi connectivity index (χ1n) is 11.1. The molecule has 0 bridgehead atoms. The number of hydrogen-bond acceptors (Lipinski definition) is 3. The number of unbranched alkanes of at least 4 members (excludes halogenated alkanes) is 7. The minimum atomic E-state index is -0.755. The maximum absolute atomic E-state index is 10.6. The van der Waals surface area contributed by atoms with Crippen molar-refractivity contribution in [1.29, 1.82) is 0 Å². The van der Waals surface area contributed by atoms with Crippen molar-refractivity contribution in [3.05, 3.63) is 0 Å². The lowest BCUT2D eigenvalue weighted by Gasteiger charge is -2.17. The molecule has 0 aliphatic carbocycles. The van der Waals surface area contributed by atoms with Gasteiger partial charge in [0.15, 0.2) is 6.29 Å². The van der Waals surface area contributed by atoms with Crippen molar-refractivity contribution in [2.75, 3.05) is 13.2 Å². The maximum atomic E-state index is 10.6. The largest absolute Gasteiger partial charge is 0.481 e. The molecule has 0 fully saturated rings. The van der Waals surface area contributed by atoms with E-state index in [2.05, 4.69) is 37.5 Å². The molecule has 0 heterocycles. The molecular weight excluding hydrogens is 352 g/mol. The molecule has 0 saturated heterocycles. The van der Waals surface area contributed by atoms with E-state index in [1.165, 1.54) is 38.5 Å². The summed E-state index contributed by atoms with van der Waals surface area (Å²) in [6.07, 6.45) is 12.6. The molecule has 28 heavy (non-hydrogen) atoms. The van der Waals surface area contributed by atoms with Crippen LogP contribution in [0.3, 0.4) is 0 Å². The molecule has 0 atom stereocenters.